The number of amides is 3. The molecule has 7 nitrogen and oxygen atoms in total. The summed E-state index contributed by atoms with van der Waals surface area (Å²) in [6, 6.07) is 18.6. The van der Waals surface area contributed by atoms with Crippen molar-refractivity contribution in [3.63, 3.8) is 0 Å². The zero-order chi connectivity index (χ0) is 25.7. The minimum atomic E-state index is -0.564. The molecule has 188 valence electrons. The van der Waals surface area contributed by atoms with E-state index in [1.165, 1.54) is 0 Å². The molecular formula is C29H33N3O4. The van der Waals surface area contributed by atoms with Gasteiger partial charge in [0.25, 0.3) is 5.91 Å². The first-order valence-corrected chi connectivity index (χ1v) is 12.5. The van der Waals surface area contributed by atoms with E-state index in [0.717, 1.165) is 27.8 Å². The van der Waals surface area contributed by atoms with Gasteiger partial charge in [-0.25, -0.2) is 0 Å². The molecule has 1 aliphatic heterocycles. The predicted molar refractivity (Wildman–Crippen MR) is 141 cm³/mol. The Bertz CT molecular complexity index is 1250. The van der Waals surface area contributed by atoms with Gasteiger partial charge in [-0.05, 0) is 55.0 Å². The van der Waals surface area contributed by atoms with Crippen LogP contribution in [0.5, 0.6) is 5.75 Å². The van der Waals surface area contributed by atoms with E-state index in [-0.39, 0.29) is 24.1 Å². The molecule has 0 aromatic heterocycles. The summed E-state index contributed by atoms with van der Waals surface area (Å²) in [6.45, 7) is 5.04. The number of methoxy groups -OCH3 is 1. The third-order valence-electron chi connectivity index (χ3n) is 6.67. The van der Waals surface area contributed by atoms with Gasteiger partial charge in [0.1, 0.15) is 11.8 Å². The summed E-state index contributed by atoms with van der Waals surface area (Å²) in [5.74, 6) is 0.446. The molecule has 1 atom stereocenters. The number of ether oxygens (including phenoxy) is 1. The van der Waals surface area contributed by atoms with Crippen LogP contribution in [0.25, 0.3) is 10.8 Å². The molecule has 0 fully saturated rings. The van der Waals surface area contributed by atoms with Crippen LogP contribution in [-0.2, 0) is 16.1 Å². The van der Waals surface area contributed by atoms with Crippen LogP contribution in [0, 0.1) is 0 Å². The van der Waals surface area contributed by atoms with Crippen molar-refractivity contribution in [3.8, 4) is 5.75 Å². The van der Waals surface area contributed by atoms with E-state index < -0.39 is 6.04 Å². The second-order valence-corrected chi connectivity index (χ2v) is 8.93. The van der Waals surface area contributed by atoms with E-state index in [4.69, 9.17) is 4.74 Å². The SMILES string of the molecule is CCNC(=O)[C@H](CC)N(Cc1ccc(OC)cc1)C(=O)CCCN1C(=O)c2cccc3cccc1c23. The van der Waals surface area contributed by atoms with Crippen molar-refractivity contribution in [3.05, 3.63) is 71.8 Å². The monoisotopic (exact) mass is 487 g/mol. The highest BCUT2D eigenvalue weighted by atomic mass is 16.5. The first kappa shape index (κ1) is 25.2. The maximum Gasteiger partial charge on any atom is 0.258 e. The van der Waals surface area contributed by atoms with Crippen molar-refractivity contribution < 1.29 is 19.1 Å². The van der Waals surface area contributed by atoms with Crippen molar-refractivity contribution in [2.24, 2.45) is 0 Å². The summed E-state index contributed by atoms with van der Waals surface area (Å²) in [5, 5.41) is 4.87. The number of carbonyl (C=O) groups is 3. The molecule has 0 radical (unpaired) electrons. The van der Waals surface area contributed by atoms with Gasteiger partial charge in [0, 0.05) is 37.0 Å². The standard InChI is InChI=1S/C29H33N3O4/c1-4-24(28(34)30-5-2)32(19-20-14-16-22(36-3)17-15-20)26(33)13-8-18-31-25-12-7-10-21-9-6-11-23(27(21)25)29(31)35/h6-7,9-12,14-17,24H,4-5,8,13,18-19H2,1-3H3,(H,30,34)/t24-/m0/s1. The van der Waals surface area contributed by atoms with Crippen molar-refractivity contribution in [1.29, 1.82) is 0 Å². The quantitative estimate of drug-likeness (QED) is 0.431. The molecule has 7 heteroatoms. The Kier molecular flexibility index (Phi) is 7.88. The third kappa shape index (κ3) is 5.05. The van der Waals surface area contributed by atoms with Gasteiger partial charge in [0.2, 0.25) is 11.8 Å². The summed E-state index contributed by atoms with van der Waals surface area (Å²) in [7, 11) is 1.61. The lowest BCUT2D eigenvalue weighted by atomic mass is 10.1. The smallest absolute Gasteiger partial charge is 0.258 e. The van der Waals surface area contributed by atoms with E-state index >= 15 is 0 Å². The van der Waals surface area contributed by atoms with Gasteiger partial charge in [-0.3, -0.25) is 14.4 Å². The van der Waals surface area contributed by atoms with Gasteiger partial charge in [-0.2, -0.15) is 0 Å². The summed E-state index contributed by atoms with van der Waals surface area (Å²) in [4.78, 5) is 42.7. The molecule has 1 aliphatic rings. The fraction of sp³-hybridized carbons (Fsp3) is 0.345. The van der Waals surface area contributed by atoms with Gasteiger partial charge >= 0.3 is 0 Å². The van der Waals surface area contributed by atoms with Crippen molar-refractivity contribution in [1.82, 2.24) is 10.2 Å². The van der Waals surface area contributed by atoms with E-state index in [2.05, 4.69) is 5.32 Å². The summed E-state index contributed by atoms with van der Waals surface area (Å²) >= 11 is 0. The number of rotatable bonds is 11. The normalized spacial score (nSPS) is 13.1. The largest absolute Gasteiger partial charge is 0.497 e. The number of anilines is 1. The van der Waals surface area contributed by atoms with Crippen molar-refractivity contribution in [2.45, 2.75) is 45.7 Å². The summed E-state index contributed by atoms with van der Waals surface area (Å²) in [6.07, 6.45) is 1.25. The van der Waals surface area contributed by atoms with E-state index in [9.17, 15) is 14.4 Å². The van der Waals surface area contributed by atoms with Gasteiger partial charge in [-0.15, -0.1) is 0 Å². The fourth-order valence-electron chi connectivity index (χ4n) is 4.87. The first-order valence-electron chi connectivity index (χ1n) is 12.5. The van der Waals surface area contributed by atoms with E-state index in [0.29, 0.717) is 38.0 Å². The summed E-state index contributed by atoms with van der Waals surface area (Å²) in [5.41, 5.74) is 2.52. The number of hydrogen-bond acceptors (Lipinski definition) is 4. The van der Waals surface area contributed by atoms with Crippen molar-refractivity contribution >= 4 is 34.2 Å². The van der Waals surface area contributed by atoms with Gasteiger partial charge in [-0.1, -0.05) is 43.3 Å². The summed E-state index contributed by atoms with van der Waals surface area (Å²) < 4.78 is 5.24. The molecule has 0 spiro atoms. The Hall–Kier alpha value is -3.87. The molecule has 1 N–H and O–H groups in total. The molecule has 0 aliphatic carbocycles. The highest BCUT2D eigenvalue weighted by Gasteiger charge is 2.31. The van der Waals surface area contributed by atoms with Crippen LogP contribution in [0.2, 0.25) is 0 Å². The van der Waals surface area contributed by atoms with E-state index in [1.807, 2.05) is 74.5 Å². The van der Waals surface area contributed by atoms with Crippen LogP contribution in [-0.4, -0.2) is 48.9 Å². The average molecular weight is 488 g/mol. The highest BCUT2D eigenvalue weighted by Crippen LogP contribution is 2.37. The molecule has 1 heterocycles. The molecule has 3 aromatic carbocycles. The molecule has 0 saturated carbocycles. The lowest BCUT2D eigenvalue weighted by molar-refractivity contribution is -0.141. The van der Waals surface area contributed by atoms with Crippen LogP contribution in [0.15, 0.2) is 60.7 Å². The second kappa shape index (κ2) is 11.2. The Morgan fingerprint density at radius 2 is 1.75 bits per heavy atom. The van der Waals surface area contributed by atoms with Crippen molar-refractivity contribution in [2.75, 3.05) is 25.1 Å². The number of likely N-dealkylation sites (N-methyl/N-ethyl adjacent to an activating group) is 1. The van der Waals surface area contributed by atoms with Gasteiger partial charge < -0.3 is 19.9 Å². The maximum atomic E-state index is 13.5. The second-order valence-electron chi connectivity index (χ2n) is 8.93. The molecule has 4 rings (SSSR count). The molecular weight excluding hydrogens is 454 g/mol. The molecule has 0 unspecified atom stereocenters. The Morgan fingerprint density at radius 3 is 2.42 bits per heavy atom. The number of carbonyl (C=O) groups excluding carboxylic acids is 3. The molecule has 0 saturated heterocycles. The zero-order valence-corrected chi connectivity index (χ0v) is 21.1. The minimum absolute atomic E-state index is 0.0295. The first-order chi connectivity index (χ1) is 17.5. The Balaban J connectivity index is 1.48. The van der Waals surface area contributed by atoms with Gasteiger partial charge in [0.15, 0.2) is 0 Å². The zero-order valence-electron chi connectivity index (χ0n) is 21.1. The molecule has 0 bridgehead atoms. The third-order valence-corrected chi connectivity index (χ3v) is 6.67. The Morgan fingerprint density at radius 1 is 1.03 bits per heavy atom. The lowest BCUT2D eigenvalue weighted by Crippen LogP contribution is -2.49. The number of nitrogens with zero attached hydrogens (tertiary/aromatic N) is 2. The number of hydrogen-bond donors (Lipinski definition) is 1. The van der Waals surface area contributed by atoms with Crippen LogP contribution < -0.4 is 15.0 Å². The van der Waals surface area contributed by atoms with Crippen LogP contribution in [0.3, 0.4) is 0 Å². The lowest BCUT2D eigenvalue weighted by Gasteiger charge is -2.31. The van der Waals surface area contributed by atoms with Crippen LogP contribution in [0.1, 0.15) is 49.0 Å². The topological polar surface area (TPSA) is 79.0 Å². The fourth-order valence-corrected chi connectivity index (χ4v) is 4.87. The van der Waals surface area contributed by atoms with Crippen LogP contribution >= 0.6 is 0 Å². The number of benzene rings is 3. The van der Waals surface area contributed by atoms with Crippen LogP contribution in [0.4, 0.5) is 5.69 Å². The van der Waals surface area contributed by atoms with Gasteiger partial charge in [0.05, 0.1) is 12.8 Å². The maximum absolute atomic E-state index is 13.5. The predicted octanol–water partition coefficient (Wildman–Crippen LogP) is 4.53. The number of nitrogens with one attached hydrogen (secondary N) is 1. The highest BCUT2D eigenvalue weighted by molar-refractivity contribution is 6.25. The van der Waals surface area contributed by atoms with E-state index in [1.54, 1.807) is 16.9 Å². The minimum Gasteiger partial charge on any atom is -0.497 e. The average Bonchev–Trinajstić information content (AvgIpc) is 3.17. The Labute approximate surface area is 212 Å². The molecule has 3 aromatic rings. The molecule has 36 heavy (non-hydrogen) atoms. The molecule has 3 amide bonds.